The highest BCUT2D eigenvalue weighted by Gasteiger charge is 2.34. The van der Waals surface area contributed by atoms with Gasteiger partial charge in [-0.15, -0.1) is 0 Å². The molecule has 1 aliphatic rings. The first-order valence-corrected chi connectivity index (χ1v) is 11.4. The maximum Gasteiger partial charge on any atom is 0.338 e. The number of ether oxygens (including phenoxy) is 3. The number of urea groups is 1. The van der Waals surface area contributed by atoms with Gasteiger partial charge in [-0.2, -0.15) is 0 Å². The summed E-state index contributed by atoms with van der Waals surface area (Å²) < 4.78 is 16.6. The number of carbonyl (C=O) groups is 2. The summed E-state index contributed by atoms with van der Waals surface area (Å²) in [6.07, 6.45) is 0. The van der Waals surface area contributed by atoms with Gasteiger partial charge in [0.05, 0.1) is 31.0 Å². The van der Waals surface area contributed by atoms with Crippen LogP contribution >= 0.6 is 0 Å². The van der Waals surface area contributed by atoms with Crippen molar-refractivity contribution in [3.05, 3.63) is 94.6 Å². The third-order valence-corrected chi connectivity index (χ3v) is 5.94. The molecule has 1 unspecified atom stereocenters. The first-order chi connectivity index (χ1) is 16.9. The van der Waals surface area contributed by atoms with Crippen LogP contribution in [0.5, 0.6) is 17.2 Å². The molecule has 0 aliphatic carbocycles. The van der Waals surface area contributed by atoms with Crippen molar-refractivity contribution in [2.45, 2.75) is 26.8 Å². The van der Waals surface area contributed by atoms with E-state index < -0.39 is 18.0 Å². The van der Waals surface area contributed by atoms with Crippen LogP contribution in [0.15, 0.2) is 72.3 Å². The van der Waals surface area contributed by atoms with Gasteiger partial charge in [-0.1, -0.05) is 24.3 Å². The molecule has 0 radical (unpaired) electrons. The lowest BCUT2D eigenvalue weighted by atomic mass is 9.92. The molecule has 7 heteroatoms. The molecule has 1 heterocycles. The molecule has 2 N–H and O–H groups in total. The smallest absolute Gasteiger partial charge is 0.338 e. The summed E-state index contributed by atoms with van der Waals surface area (Å²) in [5.74, 6) is 1.59. The van der Waals surface area contributed by atoms with E-state index in [9.17, 15) is 9.59 Å². The second kappa shape index (κ2) is 10.3. The minimum Gasteiger partial charge on any atom is -0.497 e. The molecule has 35 heavy (non-hydrogen) atoms. The highest BCUT2D eigenvalue weighted by molar-refractivity contribution is 6.04. The van der Waals surface area contributed by atoms with Gasteiger partial charge in [-0.3, -0.25) is 0 Å². The normalized spacial score (nSPS) is 15.2. The van der Waals surface area contributed by atoms with Gasteiger partial charge >= 0.3 is 12.0 Å². The Hall–Kier alpha value is -4.26. The average molecular weight is 473 g/mol. The van der Waals surface area contributed by atoms with E-state index >= 15 is 0 Å². The van der Waals surface area contributed by atoms with Gasteiger partial charge < -0.3 is 24.8 Å². The van der Waals surface area contributed by atoms with E-state index in [1.54, 1.807) is 38.3 Å². The van der Waals surface area contributed by atoms with Crippen LogP contribution in [0.25, 0.3) is 5.70 Å². The van der Waals surface area contributed by atoms with E-state index in [1.165, 1.54) is 0 Å². The molecule has 0 bridgehead atoms. The van der Waals surface area contributed by atoms with E-state index in [0.29, 0.717) is 28.3 Å². The highest BCUT2D eigenvalue weighted by Crippen LogP contribution is 2.34. The molecular formula is C28H28N2O5. The van der Waals surface area contributed by atoms with Gasteiger partial charge in [0.1, 0.15) is 17.2 Å². The molecule has 3 aromatic rings. The van der Waals surface area contributed by atoms with Crippen molar-refractivity contribution in [1.29, 1.82) is 0 Å². The Bertz CT molecular complexity index is 1260. The van der Waals surface area contributed by atoms with Crippen LogP contribution in [0.2, 0.25) is 0 Å². The molecular weight excluding hydrogens is 444 g/mol. The molecule has 180 valence electrons. The fraction of sp³-hybridized carbons (Fsp3) is 0.214. The Morgan fingerprint density at radius 1 is 0.943 bits per heavy atom. The van der Waals surface area contributed by atoms with Crippen molar-refractivity contribution in [3.63, 3.8) is 0 Å². The van der Waals surface area contributed by atoms with Crippen LogP contribution in [0.1, 0.15) is 35.2 Å². The number of hydrogen-bond acceptors (Lipinski definition) is 5. The van der Waals surface area contributed by atoms with E-state index in [1.807, 2.05) is 56.3 Å². The van der Waals surface area contributed by atoms with Crippen molar-refractivity contribution in [1.82, 2.24) is 10.6 Å². The number of carbonyl (C=O) groups excluding carboxylic acids is 2. The van der Waals surface area contributed by atoms with E-state index in [4.69, 9.17) is 14.2 Å². The summed E-state index contributed by atoms with van der Waals surface area (Å²) in [7, 11) is 1.58. The number of amides is 2. The topological polar surface area (TPSA) is 85.9 Å². The quantitative estimate of drug-likeness (QED) is 0.448. The van der Waals surface area contributed by atoms with Gasteiger partial charge in [0.15, 0.2) is 0 Å². The van der Waals surface area contributed by atoms with Crippen LogP contribution in [0.3, 0.4) is 0 Å². The van der Waals surface area contributed by atoms with Crippen LogP contribution in [-0.2, 0) is 9.53 Å². The first-order valence-electron chi connectivity index (χ1n) is 11.4. The SMILES string of the molecule is CCOC(=O)C1=C(c2ccc(OC)cc2)NC(=O)NC1c1ccc(Oc2cccc(C)c2C)cc1. The lowest BCUT2D eigenvalue weighted by molar-refractivity contribution is -0.138. The van der Waals surface area contributed by atoms with Crippen molar-refractivity contribution in [2.75, 3.05) is 13.7 Å². The number of benzene rings is 3. The van der Waals surface area contributed by atoms with Gasteiger partial charge in [-0.05, 0) is 85.5 Å². The first kappa shape index (κ1) is 23.9. The summed E-state index contributed by atoms with van der Waals surface area (Å²) in [5.41, 5.74) is 4.33. The molecule has 2 amide bonds. The zero-order chi connectivity index (χ0) is 24.9. The molecule has 0 fully saturated rings. The Morgan fingerprint density at radius 3 is 2.29 bits per heavy atom. The molecule has 1 aliphatic heterocycles. The number of hydrogen-bond donors (Lipinski definition) is 2. The number of methoxy groups -OCH3 is 1. The van der Waals surface area contributed by atoms with Gasteiger partial charge in [0, 0.05) is 0 Å². The second-order valence-electron chi connectivity index (χ2n) is 8.14. The average Bonchev–Trinajstić information content (AvgIpc) is 2.87. The Labute approximate surface area is 204 Å². The summed E-state index contributed by atoms with van der Waals surface area (Å²) in [6, 6.07) is 19.2. The van der Waals surface area contributed by atoms with Gasteiger partial charge in [-0.25, -0.2) is 9.59 Å². The van der Waals surface area contributed by atoms with Crippen molar-refractivity contribution >= 4 is 17.7 Å². The summed E-state index contributed by atoms with van der Waals surface area (Å²) in [6.45, 7) is 6.01. The van der Waals surface area contributed by atoms with Crippen molar-refractivity contribution in [3.8, 4) is 17.2 Å². The maximum atomic E-state index is 13.1. The molecule has 7 nitrogen and oxygen atoms in total. The molecule has 0 saturated carbocycles. The minimum atomic E-state index is -0.699. The zero-order valence-corrected chi connectivity index (χ0v) is 20.2. The van der Waals surface area contributed by atoms with Crippen LogP contribution in [0.4, 0.5) is 4.79 Å². The summed E-state index contributed by atoms with van der Waals surface area (Å²) >= 11 is 0. The standard InChI is InChI=1S/C28H28N2O5/c1-5-34-27(31)24-25(19-9-13-21(33-4)14-10-19)29-28(32)30-26(24)20-11-15-22(16-12-20)35-23-8-6-7-17(2)18(23)3/h6-16,26H,5H2,1-4H3,(H2,29,30,32). The van der Waals surface area contributed by atoms with Crippen molar-refractivity contribution in [2.24, 2.45) is 0 Å². The lowest BCUT2D eigenvalue weighted by Gasteiger charge is -2.29. The summed E-state index contributed by atoms with van der Waals surface area (Å²) in [4.78, 5) is 25.7. The predicted molar refractivity (Wildman–Crippen MR) is 133 cm³/mol. The molecule has 4 rings (SSSR count). The summed E-state index contributed by atoms with van der Waals surface area (Å²) in [5, 5.41) is 5.63. The van der Waals surface area contributed by atoms with Crippen LogP contribution < -0.4 is 20.1 Å². The number of aryl methyl sites for hydroxylation is 1. The predicted octanol–water partition coefficient (Wildman–Crippen LogP) is 5.43. The monoisotopic (exact) mass is 472 g/mol. The largest absolute Gasteiger partial charge is 0.497 e. The van der Waals surface area contributed by atoms with Gasteiger partial charge in [0.2, 0.25) is 0 Å². The molecule has 0 spiro atoms. The highest BCUT2D eigenvalue weighted by atomic mass is 16.5. The third kappa shape index (κ3) is 5.14. The van der Waals surface area contributed by atoms with Crippen molar-refractivity contribution < 1.29 is 23.8 Å². The van der Waals surface area contributed by atoms with Gasteiger partial charge in [0.25, 0.3) is 0 Å². The minimum absolute atomic E-state index is 0.210. The Kier molecular flexibility index (Phi) is 7.06. The van der Waals surface area contributed by atoms with Crippen LogP contribution in [-0.4, -0.2) is 25.7 Å². The van der Waals surface area contributed by atoms with E-state index in [-0.39, 0.29) is 6.61 Å². The molecule has 1 atom stereocenters. The van der Waals surface area contributed by atoms with E-state index in [0.717, 1.165) is 22.4 Å². The molecule has 0 aromatic heterocycles. The fourth-order valence-electron chi connectivity index (χ4n) is 3.92. The number of rotatable bonds is 7. The fourth-order valence-corrected chi connectivity index (χ4v) is 3.92. The lowest BCUT2D eigenvalue weighted by Crippen LogP contribution is -2.45. The molecule has 0 saturated heterocycles. The zero-order valence-electron chi connectivity index (χ0n) is 20.2. The van der Waals surface area contributed by atoms with Crippen LogP contribution in [0, 0.1) is 13.8 Å². The Balaban J connectivity index is 1.71. The second-order valence-corrected chi connectivity index (χ2v) is 8.14. The third-order valence-electron chi connectivity index (χ3n) is 5.94. The number of nitrogens with one attached hydrogen (secondary N) is 2. The Morgan fingerprint density at radius 2 is 1.63 bits per heavy atom. The molecule has 3 aromatic carbocycles. The van der Waals surface area contributed by atoms with E-state index in [2.05, 4.69) is 10.6 Å². The maximum absolute atomic E-state index is 13.1. The number of esters is 1.